The zero-order valence-electron chi connectivity index (χ0n) is 18.4. The molecule has 0 radical (unpaired) electrons. The zero-order chi connectivity index (χ0) is 23.6. The van der Waals surface area contributed by atoms with Gasteiger partial charge >= 0.3 is 0 Å². The highest BCUT2D eigenvalue weighted by molar-refractivity contribution is 7.89. The van der Waals surface area contributed by atoms with Gasteiger partial charge in [-0.05, 0) is 49.7 Å². The van der Waals surface area contributed by atoms with E-state index in [0.29, 0.717) is 36.7 Å². The average Bonchev–Trinajstić information content (AvgIpc) is 3.11. The number of hydrogen-bond donors (Lipinski definition) is 1. The number of hydrogen-bond acceptors (Lipinski definition) is 6. The van der Waals surface area contributed by atoms with E-state index in [1.165, 1.54) is 27.8 Å². The molecule has 7 nitrogen and oxygen atoms in total. The Morgan fingerprint density at radius 3 is 2.39 bits per heavy atom. The molecule has 1 aliphatic rings. The van der Waals surface area contributed by atoms with E-state index >= 15 is 0 Å². The molecule has 0 spiro atoms. The quantitative estimate of drug-likeness (QED) is 0.596. The Bertz CT molecular complexity index is 1320. The molecule has 0 bridgehead atoms. The molecule has 0 saturated carbocycles. The number of rotatable bonds is 5. The van der Waals surface area contributed by atoms with Gasteiger partial charge in [-0.1, -0.05) is 24.3 Å². The van der Waals surface area contributed by atoms with Crippen LogP contribution in [0.1, 0.15) is 26.4 Å². The molecule has 4 rings (SSSR count). The van der Waals surface area contributed by atoms with Crippen molar-refractivity contribution in [3.63, 3.8) is 0 Å². The van der Waals surface area contributed by atoms with Crippen molar-refractivity contribution in [3.8, 4) is 6.07 Å². The summed E-state index contributed by atoms with van der Waals surface area (Å²) in [6, 6.07) is 18.1. The summed E-state index contributed by atoms with van der Waals surface area (Å²) in [5.41, 5.74) is 2.57. The van der Waals surface area contributed by atoms with E-state index < -0.39 is 15.9 Å². The van der Waals surface area contributed by atoms with Gasteiger partial charge in [0.25, 0.3) is 5.91 Å². The van der Waals surface area contributed by atoms with Crippen molar-refractivity contribution in [2.45, 2.75) is 18.7 Å². The first-order valence-corrected chi connectivity index (χ1v) is 12.8. The van der Waals surface area contributed by atoms with E-state index in [-0.39, 0.29) is 10.5 Å². The predicted octanol–water partition coefficient (Wildman–Crippen LogP) is 4.00. The van der Waals surface area contributed by atoms with Crippen molar-refractivity contribution in [1.29, 1.82) is 5.26 Å². The van der Waals surface area contributed by atoms with Crippen molar-refractivity contribution >= 4 is 38.0 Å². The molecule has 1 amide bonds. The summed E-state index contributed by atoms with van der Waals surface area (Å²) in [6.07, 6.45) is 0. The van der Waals surface area contributed by atoms with Crippen molar-refractivity contribution in [2.75, 3.05) is 36.4 Å². The van der Waals surface area contributed by atoms with Gasteiger partial charge in [-0.15, -0.1) is 11.3 Å². The standard InChI is InChI=1S/C24H24N4O3S2/c1-17-18(2)32-24(22(17)16-25)26-23(29)19-7-6-10-21(15-19)33(30,31)28-13-11-27(12-14-28)20-8-4-3-5-9-20/h3-10,15H,11-14H2,1-2H3,(H,26,29). The molecule has 33 heavy (non-hydrogen) atoms. The molecular weight excluding hydrogens is 456 g/mol. The Kier molecular flexibility index (Phi) is 6.51. The summed E-state index contributed by atoms with van der Waals surface area (Å²) < 4.78 is 28.0. The average molecular weight is 481 g/mol. The van der Waals surface area contributed by atoms with Crippen LogP contribution in [0.15, 0.2) is 59.5 Å². The number of sulfonamides is 1. The number of nitriles is 1. The molecule has 2 heterocycles. The lowest BCUT2D eigenvalue weighted by atomic mass is 10.2. The summed E-state index contributed by atoms with van der Waals surface area (Å²) in [5, 5.41) is 12.6. The van der Waals surface area contributed by atoms with Crippen LogP contribution in [-0.4, -0.2) is 44.8 Å². The van der Waals surface area contributed by atoms with E-state index in [2.05, 4.69) is 16.3 Å². The Balaban J connectivity index is 1.50. The van der Waals surface area contributed by atoms with Crippen molar-refractivity contribution in [1.82, 2.24) is 4.31 Å². The van der Waals surface area contributed by atoms with Crippen LogP contribution in [0, 0.1) is 25.2 Å². The number of carbonyl (C=O) groups is 1. The fourth-order valence-electron chi connectivity index (χ4n) is 3.80. The molecule has 1 fully saturated rings. The van der Waals surface area contributed by atoms with Crippen LogP contribution in [0.5, 0.6) is 0 Å². The normalized spacial score (nSPS) is 14.6. The number of nitrogens with zero attached hydrogens (tertiary/aromatic N) is 3. The van der Waals surface area contributed by atoms with Crippen LogP contribution in [0.3, 0.4) is 0 Å². The van der Waals surface area contributed by atoms with Crippen LogP contribution in [0.4, 0.5) is 10.7 Å². The van der Waals surface area contributed by atoms with E-state index in [4.69, 9.17) is 0 Å². The van der Waals surface area contributed by atoms with Gasteiger partial charge in [-0.2, -0.15) is 9.57 Å². The minimum absolute atomic E-state index is 0.0855. The topological polar surface area (TPSA) is 93.5 Å². The van der Waals surface area contributed by atoms with E-state index in [0.717, 1.165) is 16.1 Å². The summed E-state index contributed by atoms with van der Waals surface area (Å²) in [4.78, 5) is 16.0. The molecule has 1 aromatic heterocycles. The van der Waals surface area contributed by atoms with Gasteiger partial charge in [0.05, 0.1) is 10.5 Å². The maximum Gasteiger partial charge on any atom is 0.256 e. The number of para-hydroxylation sites is 1. The Labute approximate surface area is 197 Å². The number of carbonyl (C=O) groups excluding carboxylic acids is 1. The largest absolute Gasteiger partial charge is 0.369 e. The minimum Gasteiger partial charge on any atom is -0.369 e. The lowest BCUT2D eigenvalue weighted by Gasteiger charge is -2.35. The lowest BCUT2D eigenvalue weighted by Crippen LogP contribution is -2.48. The highest BCUT2D eigenvalue weighted by Gasteiger charge is 2.29. The summed E-state index contributed by atoms with van der Waals surface area (Å²) >= 11 is 1.33. The van der Waals surface area contributed by atoms with Crippen LogP contribution in [-0.2, 0) is 10.0 Å². The van der Waals surface area contributed by atoms with Gasteiger partial charge in [0, 0.05) is 42.3 Å². The molecule has 3 aromatic rings. The number of nitrogens with one attached hydrogen (secondary N) is 1. The van der Waals surface area contributed by atoms with E-state index in [9.17, 15) is 18.5 Å². The predicted molar refractivity (Wildman–Crippen MR) is 130 cm³/mol. The maximum absolute atomic E-state index is 13.2. The monoisotopic (exact) mass is 480 g/mol. The Morgan fingerprint density at radius 1 is 1.03 bits per heavy atom. The van der Waals surface area contributed by atoms with Gasteiger partial charge in [-0.25, -0.2) is 8.42 Å². The third kappa shape index (κ3) is 4.64. The fourth-order valence-corrected chi connectivity index (χ4v) is 6.27. The highest BCUT2D eigenvalue weighted by atomic mass is 32.2. The number of amides is 1. The summed E-state index contributed by atoms with van der Waals surface area (Å²) in [6.45, 7) is 5.65. The first-order valence-electron chi connectivity index (χ1n) is 10.5. The third-order valence-corrected chi connectivity index (χ3v) is 8.84. The minimum atomic E-state index is -3.74. The molecular formula is C24H24N4O3S2. The van der Waals surface area contributed by atoms with Crippen molar-refractivity contribution in [2.24, 2.45) is 0 Å². The van der Waals surface area contributed by atoms with Crippen LogP contribution in [0.25, 0.3) is 0 Å². The fraction of sp³-hybridized carbons (Fsp3) is 0.250. The third-order valence-electron chi connectivity index (χ3n) is 5.82. The summed E-state index contributed by atoms with van der Waals surface area (Å²) in [5.74, 6) is -0.446. The second-order valence-corrected chi connectivity index (χ2v) is 11.0. The highest BCUT2D eigenvalue weighted by Crippen LogP contribution is 2.32. The first kappa shape index (κ1) is 23.0. The van der Waals surface area contributed by atoms with E-state index in [1.807, 2.05) is 44.2 Å². The van der Waals surface area contributed by atoms with Gasteiger partial charge in [0.1, 0.15) is 11.1 Å². The second kappa shape index (κ2) is 9.35. The van der Waals surface area contributed by atoms with Crippen molar-refractivity contribution in [3.05, 3.63) is 76.2 Å². The SMILES string of the molecule is Cc1sc(NC(=O)c2cccc(S(=O)(=O)N3CCN(c4ccccc4)CC3)c2)c(C#N)c1C. The van der Waals surface area contributed by atoms with Gasteiger partial charge in [0.15, 0.2) is 0 Å². The summed E-state index contributed by atoms with van der Waals surface area (Å²) in [7, 11) is -3.74. The molecule has 0 atom stereocenters. The second-order valence-electron chi connectivity index (χ2n) is 7.81. The molecule has 2 aromatic carbocycles. The smallest absolute Gasteiger partial charge is 0.256 e. The molecule has 170 valence electrons. The Morgan fingerprint density at radius 2 is 1.73 bits per heavy atom. The van der Waals surface area contributed by atoms with Gasteiger partial charge < -0.3 is 10.2 Å². The molecule has 1 saturated heterocycles. The molecule has 9 heteroatoms. The van der Waals surface area contributed by atoms with Gasteiger partial charge in [-0.3, -0.25) is 4.79 Å². The Hall–Kier alpha value is -3.19. The number of anilines is 2. The maximum atomic E-state index is 13.2. The van der Waals surface area contributed by atoms with Crippen LogP contribution in [0.2, 0.25) is 0 Å². The first-order chi connectivity index (χ1) is 15.8. The van der Waals surface area contributed by atoms with Crippen LogP contribution < -0.4 is 10.2 Å². The zero-order valence-corrected chi connectivity index (χ0v) is 20.0. The number of benzene rings is 2. The molecule has 1 aliphatic heterocycles. The molecule has 0 unspecified atom stereocenters. The molecule has 0 aliphatic carbocycles. The lowest BCUT2D eigenvalue weighted by molar-refractivity contribution is 0.102. The van der Waals surface area contributed by atoms with Gasteiger partial charge in [0.2, 0.25) is 10.0 Å². The molecule has 1 N–H and O–H groups in total. The number of aryl methyl sites for hydroxylation is 1. The van der Waals surface area contributed by atoms with Crippen molar-refractivity contribution < 1.29 is 13.2 Å². The van der Waals surface area contributed by atoms with Crippen LogP contribution >= 0.6 is 11.3 Å². The van der Waals surface area contributed by atoms with E-state index in [1.54, 1.807) is 12.1 Å². The number of thiophene rings is 1. The number of piperazine rings is 1.